The molecule has 7 atom stereocenters. The Bertz CT molecular complexity index is 477. The fourth-order valence-electron chi connectivity index (χ4n) is 4.20. The molecule has 3 nitrogen and oxygen atoms in total. The first-order chi connectivity index (χ1) is 10.5. The molecule has 0 radical (unpaired) electrons. The van der Waals surface area contributed by atoms with Gasteiger partial charge in [0.1, 0.15) is 0 Å². The number of carbonyl (C=O) groups is 1. The Morgan fingerprint density at radius 3 is 2.64 bits per heavy atom. The third-order valence-electron chi connectivity index (χ3n) is 5.46. The van der Waals surface area contributed by atoms with Gasteiger partial charge < -0.3 is 9.84 Å². The molecule has 0 aliphatic heterocycles. The molecule has 1 saturated carbocycles. The molecule has 0 aromatic heterocycles. The second-order valence-corrected chi connectivity index (χ2v) is 6.89. The highest BCUT2D eigenvalue weighted by molar-refractivity contribution is 5.82. The van der Waals surface area contributed by atoms with Gasteiger partial charge >= 0.3 is 5.97 Å². The molecule has 3 heteroatoms. The summed E-state index contributed by atoms with van der Waals surface area (Å²) in [6.45, 7) is 6.55. The summed E-state index contributed by atoms with van der Waals surface area (Å²) in [5.74, 6) is 2.17. The van der Waals surface area contributed by atoms with Crippen LogP contribution in [0, 0.1) is 35.5 Å². The highest BCUT2D eigenvalue weighted by atomic mass is 16.5. The SMILES string of the molecule is COC(=O)/C=C/C=C/[C@@H]1[C@H]2[C@H](C)[C@@H](O)[C@H](C)C[C@@H]2C=C[C@@H]1C. The third kappa shape index (κ3) is 3.52. The van der Waals surface area contributed by atoms with E-state index in [1.807, 2.05) is 6.08 Å². The number of fused-ring (bicyclic) bond motifs is 1. The van der Waals surface area contributed by atoms with E-state index < -0.39 is 0 Å². The summed E-state index contributed by atoms with van der Waals surface area (Å²) in [6, 6.07) is 0. The van der Waals surface area contributed by atoms with Crippen LogP contribution in [0.25, 0.3) is 0 Å². The standard InChI is InChI=1S/C19H28O3/c1-12-9-10-15-11-13(2)19(21)14(3)18(15)16(12)7-5-6-8-17(20)22-4/h5-10,12-16,18-19,21H,11H2,1-4H3/b7-5+,8-6+/t12-,13+,14-,15-,16-,18-,19-/m0/s1. The molecule has 0 saturated heterocycles. The van der Waals surface area contributed by atoms with Crippen molar-refractivity contribution in [3.63, 3.8) is 0 Å². The highest BCUT2D eigenvalue weighted by Gasteiger charge is 2.44. The van der Waals surface area contributed by atoms with Gasteiger partial charge in [-0.25, -0.2) is 4.79 Å². The number of carbonyl (C=O) groups excluding carboxylic acids is 1. The highest BCUT2D eigenvalue weighted by Crippen LogP contribution is 2.48. The predicted molar refractivity (Wildman–Crippen MR) is 88.0 cm³/mol. The van der Waals surface area contributed by atoms with Gasteiger partial charge in [-0.2, -0.15) is 0 Å². The van der Waals surface area contributed by atoms with Gasteiger partial charge in [-0.1, -0.05) is 51.2 Å². The van der Waals surface area contributed by atoms with Crippen LogP contribution in [0.4, 0.5) is 0 Å². The molecule has 0 aromatic rings. The van der Waals surface area contributed by atoms with E-state index >= 15 is 0 Å². The molecule has 0 unspecified atom stereocenters. The van der Waals surface area contributed by atoms with Crippen molar-refractivity contribution >= 4 is 5.97 Å². The Hall–Kier alpha value is -1.35. The van der Waals surface area contributed by atoms with Crippen molar-refractivity contribution in [2.75, 3.05) is 7.11 Å². The molecular weight excluding hydrogens is 276 g/mol. The second kappa shape index (κ2) is 7.28. The number of methoxy groups -OCH3 is 1. The number of esters is 1. The van der Waals surface area contributed by atoms with Gasteiger partial charge in [-0.15, -0.1) is 0 Å². The van der Waals surface area contributed by atoms with E-state index in [-0.39, 0.29) is 12.1 Å². The monoisotopic (exact) mass is 304 g/mol. The van der Waals surface area contributed by atoms with Crippen molar-refractivity contribution in [3.05, 3.63) is 36.5 Å². The van der Waals surface area contributed by atoms with Gasteiger partial charge in [0, 0.05) is 6.08 Å². The van der Waals surface area contributed by atoms with Gasteiger partial charge in [0.15, 0.2) is 0 Å². The Labute approximate surface area is 133 Å². The molecule has 1 fully saturated rings. The lowest BCUT2D eigenvalue weighted by molar-refractivity contribution is -0.134. The van der Waals surface area contributed by atoms with E-state index in [9.17, 15) is 9.90 Å². The summed E-state index contributed by atoms with van der Waals surface area (Å²) in [7, 11) is 1.38. The van der Waals surface area contributed by atoms with Crippen molar-refractivity contribution in [1.29, 1.82) is 0 Å². The minimum absolute atomic E-state index is 0.221. The van der Waals surface area contributed by atoms with E-state index in [4.69, 9.17) is 0 Å². The van der Waals surface area contributed by atoms with Crippen LogP contribution in [0.2, 0.25) is 0 Å². The smallest absolute Gasteiger partial charge is 0.330 e. The lowest BCUT2D eigenvalue weighted by Crippen LogP contribution is -2.46. The first kappa shape index (κ1) is 17.0. The quantitative estimate of drug-likeness (QED) is 0.376. The van der Waals surface area contributed by atoms with Gasteiger partial charge in [0.25, 0.3) is 0 Å². The zero-order valence-electron chi connectivity index (χ0n) is 14.0. The molecule has 0 spiro atoms. The van der Waals surface area contributed by atoms with E-state index in [0.29, 0.717) is 35.5 Å². The molecule has 1 N–H and O–H groups in total. The maximum atomic E-state index is 11.1. The largest absolute Gasteiger partial charge is 0.466 e. The zero-order chi connectivity index (χ0) is 16.3. The minimum Gasteiger partial charge on any atom is -0.466 e. The van der Waals surface area contributed by atoms with Crippen molar-refractivity contribution in [2.24, 2.45) is 35.5 Å². The normalized spacial score (nSPS) is 41.8. The molecule has 2 aliphatic carbocycles. The molecule has 0 aromatic carbocycles. The lowest BCUT2D eigenvalue weighted by Gasteiger charge is -2.48. The van der Waals surface area contributed by atoms with Crippen LogP contribution < -0.4 is 0 Å². The van der Waals surface area contributed by atoms with Crippen LogP contribution >= 0.6 is 0 Å². The van der Waals surface area contributed by atoms with Crippen LogP contribution in [-0.4, -0.2) is 24.3 Å². The fourth-order valence-corrected chi connectivity index (χ4v) is 4.20. The number of aliphatic hydroxyl groups is 1. The van der Waals surface area contributed by atoms with Crippen LogP contribution in [-0.2, 0) is 9.53 Å². The maximum Gasteiger partial charge on any atom is 0.330 e. The van der Waals surface area contributed by atoms with Crippen LogP contribution in [0.1, 0.15) is 27.2 Å². The molecule has 122 valence electrons. The number of allylic oxidation sites excluding steroid dienone is 5. The molecule has 0 bridgehead atoms. The molecule has 2 rings (SSSR count). The number of rotatable bonds is 3. The van der Waals surface area contributed by atoms with Crippen LogP contribution in [0.3, 0.4) is 0 Å². The first-order valence-electron chi connectivity index (χ1n) is 8.25. The Kier molecular flexibility index (Phi) is 5.63. The van der Waals surface area contributed by atoms with Gasteiger partial charge in [-0.3, -0.25) is 0 Å². The fraction of sp³-hybridized carbons (Fsp3) is 0.632. The maximum absolute atomic E-state index is 11.1. The first-order valence-corrected chi connectivity index (χ1v) is 8.25. The Balaban J connectivity index is 2.15. The molecule has 2 aliphatic rings. The van der Waals surface area contributed by atoms with E-state index in [0.717, 1.165) is 6.42 Å². The van der Waals surface area contributed by atoms with Gasteiger partial charge in [-0.05, 0) is 41.9 Å². The predicted octanol–water partition coefficient (Wildman–Crippen LogP) is 3.36. The molecule has 0 amide bonds. The summed E-state index contributed by atoms with van der Waals surface area (Å²) in [6.07, 6.45) is 12.8. The third-order valence-corrected chi connectivity index (χ3v) is 5.46. The summed E-state index contributed by atoms with van der Waals surface area (Å²) in [5.41, 5.74) is 0. The van der Waals surface area contributed by atoms with Crippen LogP contribution in [0.5, 0.6) is 0 Å². The molecular formula is C19H28O3. The average Bonchev–Trinajstić information content (AvgIpc) is 2.51. The second-order valence-electron chi connectivity index (χ2n) is 6.89. The van der Waals surface area contributed by atoms with Crippen molar-refractivity contribution in [3.8, 4) is 0 Å². The average molecular weight is 304 g/mol. The minimum atomic E-state index is -0.339. The topological polar surface area (TPSA) is 46.5 Å². The Morgan fingerprint density at radius 2 is 1.95 bits per heavy atom. The molecule has 0 heterocycles. The summed E-state index contributed by atoms with van der Waals surface area (Å²) >= 11 is 0. The number of hydrogen-bond acceptors (Lipinski definition) is 3. The van der Waals surface area contributed by atoms with E-state index in [2.05, 4.69) is 43.7 Å². The zero-order valence-corrected chi connectivity index (χ0v) is 14.0. The Morgan fingerprint density at radius 1 is 1.23 bits per heavy atom. The van der Waals surface area contributed by atoms with Crippen molar-refractivity contribution < 1.29 is 14.6 Å². The van der Waals surface area contributed by atoms with E-state index in [1.54, 1.807) is 6.08 Å². The van der Waals surface area contributed by atoms with Gasteiger partial charge in [0.05, 0.1) is 13.2 Å². The molecule has 22 heavy (non-hydrogen) atoms. The number of hydrogen-bond donors (Lipinski definition) is 1. The number of ether oxygens (including phenoxy) is 1. The van der Waals surface area contributed by atoms with Crippen molar-refractivity contribution in [1.82, 2.24) is 0 Å². The summed E-state index contributed by atoms with van der Waals surface area (Å²) < 4.78 is 4.59. The van der Waals surface area contributed by atoms with Crippen LogP contribution in [0.15, 0.2) is 36.5 Å². The summed E-state index contributed by atoms with van der Waals surface area (Å²) in [4.78, 5) is 11.1. The number of aliphatic hydroxyl groups excluding tert-OH is 1. The van der Waals surface area contributed by atoms with Gasteiger partial charge in [0.2, 0.25) is 0 Å². The van der Waals surface area contributed by atoms with Crippen molar-refractivity contribution in [2.45, 2.75) is 33.3 Å². The lowest BCUT2D eigenvalue weighted by atomic mass is 9.58. The summed E-state index contributed by atoms with van der Waals surface area (Å²) in [5, 5.41) is 10.4. The van der Waals surface area contributed by atoms with E-state index in [1.165, 1.54) is 13.2 Å².